The van der Waals surface area contributed by atoms with Crippen molar-refractivity contribution in [1.82, 2.24) is 20.1 Å². The van der Waals surface area contributed by atoms with E-state index in [4.69, 9.17) is 9.82 Å². The van der Waals surface area contributed by atoms with E-state index < -0.39 is 45.9 Å². The number of oxime groups is 1. The third-order valence-corrected chi connectivity index (χ3v) is 12.3. The van der Waals surface area contributed by atoms with Crippen molar-refractivity contribution in [3.8, 4) is 5.75 Å². The number of β-lactam (4-membered cyclic amide) rings is 1. The number of nitrogens with one attached hydrogen (secondary N) is 2. The van der Waals surface area contributed by atoms with Gasteiger partial charge >= 0.3 is 5.97 Å². The number of benzene rings is 4. The van der Waals surface area contributed by atoms with Crippen LogP contribution in [0.2, 0.25) is 0 Å². The minimum Gasteiger partial charge on any atom is -0.614 e. The number of amides is 2. The summed E-state index contributed by atoms with van der Waals surface area (Å²) >= 11 is -0.519. The number of aromatic hydroxyl groups is 1. The van der Waals surface area contributed by atoms with E-state index in [0.29, 0.717) is 11.7 Å². The van der Waals surface area contributed by atoms with Crippen molar-refractivity contribution in [3.63, 3.8) is 0 Å². The number of carbonyl (C=O) groups excluding carboxylic acids is 2. The molecule has 0 saturated carbocycles. The van der Waals surface area contributed by atoms with Gasteiger partial charge in [-0.15, -0.1) is 11.3 Å². The maximum Gasteiger partial charge on any atom is 0.354 e. The molecule has 55 heavy (non-hydrogen) atoms. The molecule has 1 aromatic heterocycles. The maximum atomic E-state index is 13.9. The Kier molecular flexibility index (Phi) is 9.50. The lowest BCUT2D eigenvalue weighted by Gasteiger charge is -2.49. The van der Waals surface area contributed by atoms with Crippen molar-refractivity contribution in [1.29, 1.82) is 0 Å². The highest BCUT2D eigenvalue weighted by Gasteiger charge is 2.62. The fourth-order valence-corrected chi connectivity index (χ4v) is 9.90. The monoisotopic (exact) mass is 774 g/mol. The van der Waals surface area contributed by atoms with Gasteiger partial charge in [0.1, 0.15) is 29.8 Å². The minimum atomic E-state index is -1.77. The molecule has 3 aliphatic heterocycles. The second-order valence-corrected chi connectivity index (χ2v) is 15.5. The SMILES string of the molecule is CO/N=C(\C(=O)NC1C(=O)N2C(C(=O)O)=C(N3Cc4ccc(O)cc4C3)C[S+]([O-])[C@H]12)c1csc(NC(c2ccccc2)(c2ccccc2)c2ccccc2)n1. The van der Waals surface area contributed by atoms with Gasteiger partial charge < -0.3 is 35.1 Å². The van der Waals surface area contributed by atoms with Gasteiger partial charge in [-0.2, -0.15) is 0 Å². The average Bonchev–Trinajstić information content (AvgIpc) is 3.85. The fraction of sp³-hybridized carbons (Fsp3) is 0.175. The first-order chi connectivity index (χ1) is 26.7. The van der Waals surface area contributed by atoms with Crippen LogP contribution < -0.4 is 10.6 Å². The van der Waals surface area contributed by atoms with Crippen LogP contribution in [0.5, 0.6) is 5.75 Å². The molecule has 4 N–H and O–H groups in total. The van der Waals surface area contributed by atoms with Crippen LogP contribution >= 0.6 is 11.3 Å². The van der Waals surface area contributed by atoms with Gasteiger partial charge in [0.25, 0.3) is 11.8 Å². The molecular weight excluding hydrogens is 741 g/mol. The molecule has 13 nitrogen and oxygen atoms in total. The molecule has 15 heteroatoms. The van der Waals surface area contributed by atoms with Crippen LogP contribution in [0.4, 0.5) is 5.13 Å². The third kappa shape index (κ3) is 6.35. The highest BCUT2D eigenvalue weighted by atomic mass is 32.2. The van der Waals surface area contributed by atoms with Crippen LogP contribution in [0.25, 0.3) is 0 Å². The number of carboxylic acid groups (broad SMARTS) is 1. The lowest BCUT2D eigenvalue weighted by atomic mass is 9.77. The zero-order valence-corrected chi connectivity index (χ0v) is 30.9. The first kappa shape index (κ1) is 35.8. The van der Waals surface area contributed by atoms with Crippen LogP contribution in [0, 0.1) is 0 Å². The largest absolute Gasteiger partial charge is 0.614 e. The van der Waals surface area contributed by atoms with E-state index in [1.165, 1.54) is 18.4 Å². The molecule has 8 rings (SSSR count). The molecule has 3 aliphatic rings. The molecule has 2 amide bonds. The standard InChI is InChI=1S/C40H34N6O7S2/c1-53-44-32(30-22-54-39(41-30)43-40(26-11-5-2-6-12-26,27-13-7-3-8-14-27)28-15-9-4-10-16-28)35(48)42-33-36(49)46-34(38(50)51)31(23-55(52)37(33)46)45-20-24-17-18-29(47)19-25(24)21-45/h2-19,22,33,37,47H,20-21,23H2,1H3,(H,41,43)(H,42,48)(H,50,51)/b44-32-/t33?,37-,55?/m1/s1. The molecule has 5 aromatic rings. The van der Waals surface area contributed by atoms with Crippen LogP contribution in [0.1, 0.15) is 33.5 Å². The van der Waals surface area contributed by atoms with E-state index >= 15 is 0 Å². The number of thiazole rings is 1. The molecule has 4 heterocycles. The Bertz CT molecular complexity index is 2240. The van der Waals surface area contributed by atoms with E-state index in [0.717, 1.165) is 32.7 Å². The lowest BCUT2D eigenvalue weighted by molar-refractivity contribution is -0.150. The Morgan fingerprint density at radius 1 is 0.945 bits per heavy atom. The number of anilines is 1. The third-order valence-electron chi connectivity index (χ3n) is 9.95. The van der Waals surface area contributed by atoms with Crippen molar-refractivity contribution in [2.24, 2.45) is 5.16 Å². The number of aliphatic carboxylic acids is 1. The first-order valence-electron chi connectivity index (χ1n) is 17.2. The topological polar surface area (TPSA) is 180 Å². The molecule has 1 saturated heterocycles. The number of phenolic OH excluding ortho intramolecular Hbond substituents is 1. The van der Waals surface area contributed by atoms with E-state index in [2.05, 4.69) is 15.8 Å². The van der Waals surface area contributed by atoms with E-state index in [1.54, 1.807) is 28.5 Å². The van der Waals surface area contributed by atoms with Gasteiger partial charge in [0.2, 0.25) is 5.37 Å². The highest BCUT2D eigenvalue weighted by molar-refractivity contribution is 7.92. The van der Waals surface area contributed by atoms with Crippen molar-refractivity contribution in [2.45, 2.75) is 30.0 Å². The summed E-state index contributed by atoms with van der Waals surface area (Å²) in [6.07, 6.45) is 0. The summed E-state index contributed by atoms with van der Waals surface area (Å²) in [6, 6.07) is 33.5. The second-order valence-electron chi connectivity index (χ2n) is 13.1. The van der Waals surface area contributed by atoms with Crippen molar-refractivity contribution in [3.05, 3.63) is 159 Å². The van der Waals surface area contributed by atoms with Gasteiger partial charge in [-0.1, -0.05) is 102 Å². The molecule has 4 aromatic carbocycles. The summed E-state index contributed by atoms with van der Waals surface area (Å²) in [5.41, 5.74) is 3.57. The predicted octanol–water partition coefficient (Wildman–Crippen LogP) is 4.33. The summed E-state index contributed by atoms with van der Waals surface area (Å²) in [7, 11) is 1.28. The Morgan fingerprint density at radius 2 is 1.55 bits per heavy atom. The quantitative estimate of drug-likeness (QED) is 0.0496. The average molecular weight is 775 g/mol. The number of nitrogens with zero attached hydrogens (tertiary/aromatic N) is 4. The Hall–Kier alpha value is -6.16. The second kappa shape index (κ2) is 14.6. The lowest BCUT2D eigenvalue weighted by Crippen LogP contribution is -2.75. The number of rotatable bonds is 11. The zero-order chi connectivity index (χ0) is 38.3. The summed E-state index contributed by atoms with van der Waals surface area (Å²) in [6.45, 7) is 0.612. The van der Waals surface area contributed by atoms with Crippen molar-refractivity contribution in [2.75, 3.05) is 18.2 Å². The summed E-state index contributed by atoms with van der Waals surface area (Å²) in [5, 5.41) is 31.5. The number of carbonyl (C=O) groups is 3. The summed E-state index contributed by atoms with van der Waals surface area (Å²) in [4.78, 5) is 52.7. The van der Waals surface area contributed by atoms with Gasteiger partial charge in [0.05, 0.1) is 5.70 Å². The molecular formula is C40H34N6O7S2. The summed E-state index contributed by atoms with van der Waals surface area (Å²) < 4.78 is 13.7. The fourth-order valence-electron chi connectivity index (χ4n) is 7.46. The highest BCUT2D eigenvalue weighted by Crippen LogP contribution is 2.42. The molecule has 278 valence electrons. The Morgan fingerprint density at radius 3 is 2.13 bits per heavy atom. The minimum absolute atomic E-state index is 0.0815. The molecule has 0 radical (unpaired) electrons. The zero-order valence-electron chi connectivity index (χ0n) is 29.3. The van der Waals surface area contributed by atoms with Gasteiger partial charge in [0, 0.05) is 18.5 Å². The summed E-state index contributed by atoms with van der Waals surface area (Å²) in [5.74, 6) is -2.94. The first-order valence-corrected chi connectivity index (χ1v) is 19.5. The van der Waals surface area contributed by atoms with Gasteiger partial charge in [-0.3, -0.25) is 14.5 Å². The maximum absolute atomic E-state index is 13.9. The van der Waals surface area contributed by atoms with Gasteiger partial charge in [-0.05, 0) is 51.1 Å². The molecule has 0 aliphatic carbocycles. The number of carboxylic acids is 1. The molecule has 3 atom stereocenters. The molecule has 0 bridgehead atoms. The van der Waals surface area contributed by atoms with Crippen LogP contribution in [0.15, 0.2) is 131 Å². The number of hydrogen-bond donors (Lipinski definition) is 4. The number of aromatic nitrogens is 1. The van der Waals surface area contributed by atoms with Crippen LogP contribution in [-0.4, -0.2) is 77.3 Å². The predicted molar refractivity (Wildman–Crippen MR) is 206 cm³/mol. The Balaban J connectivity index is 1.06. The number of hydrogen-bond acceptors (Lipinski definition) is 11. The number of fused-ring (bicyclic) bond motifs is 2. The molecule has 0 spiro atoms. The van der Waals surface area contributed by atoms with Crippen LogP contribution in [0.3, 0.4) is 0 Å². The van der Waals surface area contributed by atoms with Crippen molar-refractivity contribution < 1.29 is 34.0 Å². The smallest absolute Gasteiger partial charge is 0.354 e. The molecule has 2 unspecified atom stereocenters. The van der Waals surface area contributed by atoms with E-state index in [-0.39, 0.29) is 40.8 Å². The van der Waals surface area contributed by atoms with Gasteiger partial charge in [-0.25, -0.2) is 9.78 Å². The van der Waals surface area contributed by atoms with E-state index in [1.807, 2.05) is 91.0 Å². The molecule has 1 fully saturated rings. The van der Waals surface area contributed by atoms with Crippen LogP contribution in [-0.2, 0) is 49.0 Å². The normalized spacial score (nSPS) is 19.3. The van der Waals surface area contributed by atoms with Gasteiger partial charge in [0.15, 0.2) is 22.6 Å². The van der Waals surface area contributed by atoms with E-state index in [9.17, 15) is 29.1 Å². The Labute approximate surface area is 322 Å². The number of phenols is 1. The van der Waals surface area contributed by atoms with Crippen molar-refractivity contribution >= 4 is 51.1 Å².